The van der Waals surface area contributed by atoms with E-state index in [9.17, 15) is 13.2 Å². The highest BCUT2D eigenvalue weighted by Gasteiger charge is 2.29. The quantitative estimate of drug-likeness (QED) is 0.865. The lowest BCUT2D eigenvalue weighted by atomic mass is 10.0. The Balaban J connectivity index is 2.08. The van der Waals surface area contributed by atoms with Crippen LogP contribution in [0, 0.1) is 5.92 Å². The summed E-state index contributed by atoms with van der Waals surface area (Å²) >= 11 is 0. The second-order valence-corrected chi connectivity index (χ2v) is 7.65. The fourth-order valence-corrected chi connectivity index (χ4v) is 3.23. The van der Waals surface area contributed by atoms with Crippen molar-refractivity contribution in [1.29, 1.82) is 0 Å². The van der Waals surface area contributed by atoms with Gasteiger partial charge in [-0.25, -0.2) is 12.7 Å². The van der Waals surface area contributed by atoms with E-state index in [4.69, 9.17) is 0 Å². The third kappa shape index (κ3) is 3.42. The van der Waals surface area contributed by atoms with Gasteiger partial charge >= 0.3 is 0 Å². The summed E-state index contributed by atoms with van der Waals surface area (Å²) in [5.74, 6) is 0.224. The highest BCUT2D eigenvalue weighted by Crippen LogP contribution is 2.19. The third-order valence-electron chi connectivity index (χ3n) is 3.72. The first-order valence-electron chi connectivity index (χ1n) is 6.89. The molecule has 2 atom stereocenters. The molecule has 0 saturated carbocycles. The number of carbonyl (C=O) groups is 1. The lowest BCUT2D eigenvalue weighted by molar-refractivity contribution is -0.118. The van der Waals surface area contributed by atoms with Crippen molar-refractivity contribution in [2.75, 3.05) is 26.0 Å². The summed E-state index contributed by atoms with van der Waals surface area (Å²) in [5.41, 5.74) is 0.596. The Bertz CT molecular complexity index is 611. The van der Waals surface area contributed by atoms with E-state index < -0.39 is 10.0 Å². The van der Waals surface area contributed by atoms with Gasteiger partial charge in [0.2, 0.25) is 15.9 Å². The number of carbonyl (C=O) groups excluding carboxylic acids is 1. The number of sulfonamides is 1. The minimum Gasteiger partial charge on any atom is -0.325 e. The first-order chi connectivity index (χ1) is 9.82. The van der Waals surface area contributed by atoms with E-state index in [0.29, 0.717) is 11.6 Å². The van der Waals surface area contributed by atoms with Gasteiger partial charge in [0.1, 0.15) is 0 Å². The lowest BCUT2D eigenvalue weighted by Gasteiger charge is -2.16. The van der Waals surface area contributed by atoms with Crippen LogP contribution in [0.25, 0.3) is 0 Å². The fraction of sp³-hybridized carbons (Fsp3) is 0.500. The van der Waals surface area contributed by atoms with E-state index in [-0.39, 0.29) is 16.8 Å². The van der Waals surface area contributed by atoms with Gasteiger partial charge in [-0.15, -0.1) is 0 Å². The Morgan fingerprint density at radius 1 is 1.29 bits per heavy atom. The molecular weight excluding hydrogens is 290 g/mol. The largest absolute Gasteiger partial charge is 0.325 e. The minimum atomic E-state index is -3.44. The van der Waals surface area contributed by atoms with E-state index >= 15 is 0 Å². The molecule has 2 unspecified atom stereocenters. The molecule has 1 fully saturated rings. The van der Waals surface area contributed by atoms with E-state index in [2.05, 4.69) is 10.6 Å². The van der Waals surface area contributed by atoms with Gasteiger partial charge in [-0.3, -0.25) is 4.79 Å². The predicted octanol–water partition coefficient (Wildman–Crippen LogP) is 0.873. The van der Waals surface area contributed by atoms with E-state index in [1.165, 1.54) is 26.2 Å². The van der Waals surface area contributed by atoms with Crippen LogP contribution in [0.5, 0.6) is 0 Å². The Labute approximate surface area is 125 Å². The van der Waals surface area contributed by atoms with Gasteiger partial charge in [0.05, 0.1) is 10.9 Å². The van der Waals surface area contributed by atoms with Crippen LogP contribution in [0.3, 0.4) is 0 Å². The van der Waals surface area contributed by atoms with Crippen molar-refractivity contribution in [1.82, 2.24) is 9.62 Å². The van der Waals surface area contributed by atoms with Crippen LogP contribution in [-0.4, -0.2) is 45.3 Å². The number of amides is 1. The third-order valence-corrected chi connectivity index (χ3v) is 5.55. The summed E-state index contributed by atoms with van der Waals surface area (Å²) in [6, 6.07) is 6.02. The number of hydrogen-bond donors (Lipinski definition) is 2. The van der Waals surface area contributed by atoms with Crippen LogP contribution in [0.15, 0.2) is 29.2 Å². The molecule has 116 valence electrons. The molecule has 21 heavy (non-hydrogen) atoms. The van der Waals surface area contributed by atoms with Gasteiger partial charge in [-0.05, 0) is 43.1 Å². The maximum atomic E-state index is 12.1. The zero-order chi connectivity index (χ0) is 15.6. The molecule has 6 nitrogen and oxygen atoms in total. The van der Waals surface area contributed by atoms with Crippen molar-refractivity contribution in [3.63, 3.8) is 0 Å². The van der Waals surface area contributed by atoms with Crippen molar-refractivity contribution >= 4 is 21.6 Å². The molecule has 0 spiro atoms. The molecule has 1 saturated heterocycles. The molecule has 1 heterocycles. The topological polar surface area (TPSA) is 78.5 Å². The molecule has 1 aromatic rings. The standard InChI is InChI=1S/C14H21N3O3S/c1-10-8-9-15-13(10)14(18)16-11-4-6-12(7-5-11)21(19,20)17(2)3/h4-7,10,13,15H,8-9H2,1-3H3,(H,16,18). The predicted molar refractivity (Wildman–Crippen MR) is 81.5 cm³/mol. The minimum absolute atomic E-state index is 0.0804. The SMILES string of the molecule is CC1CCNC1C(=O)Nc1ccc(S(=O)(=O)N(C)C)cc1. The number of rotatable bonds is 4. The molecule has 7 heteroatoms. The van der Waals surface area contributed by atoms with Crippen molar-refractivity contribution in [3.8, 4) is 0 Å². The maximum Gasteiger partial charge on any atom is 0.242 e. The van der Waals surface area contributed by atoms with E-state index in [1.54, 1.807) is 12.1 Å². The molecule has 1 aromatic carbocycles. The molecule has 1 aliphatic heterocycles. The zero-order valence-corrected chi connectivity index (χ0v) is 13.3. The summed E-state index contributed by atoms with van der Waals surface area (Å²) in [6.45, 7) is 2.89. The molecule has 2 N–H and O–H groups in total. The number of nitrogens with zero attached hydrogens (tertiary/aromatic N) is 1. The molecule has 0 aliphatic carbocycles. The summed E-state index contributed by atoms with van der Waals surface area (Å²) in [7, 11) is -0.470. The van der Waals surface area contributed by atoms with Crippen molar-refractivity contribution in [3.05, 3.63) is 24.3 Å². The van der Waals surface area contributed by atoms with Gasteiger partial charge in [-0.1, -0.05) is 6.92 Å². The Hall–Kier alpha value is -1.44. The second kappa shape index (κ2) is 6.13. The maximum absolute atomic E-state index is 12.1. The Morgan fingerprint density at radius 2 is 1.90 bits per heavy atom. The number of benzene rings is 1. The van der Waals surface area contributed by atoms with Crippen LogP contribution in [-0.2, 0) is 14.8 Å². The van der Waals surface area contributed by atoms with Crippen LogP contribution < -0.4 is 10.6 Å². The monoisotopic (exact) mass is 311 g/mol. The van der Waals surface area contributed by atoms with Crippen LogP contribution in [0.2, 0.25) is 0 Å². The molecule has 0 radical (unpaired) electrons. The summed E-state index contributed by atoms with van der Waals surface area (Å²) < 4.78 is 25.0. The first-order valence-corrected chi connectivity index (χ1v) is 8.33. The average Bonchev–Trinajstić information content (AvgIpc) is 2.85. The molecule has 1 aliphatic rings. The molecule has 0 aromatic heterocycles. The number of anilines is 1. The number of hydrogen-bond acceptors (Lipinski definition) is 4. The van der Waals surface area contributed by atoms with Crippen LogP contribution in [0.1, 0.15) is 13.3 Å². The zero-order valence-electron chi connectivity index (χ0n) is 12.5. The van der Waals surface area contributed by atoms with E-state index in [1.807, 2.05) is 6.92 Å². The Kier molecular flexibility index (Phi) is 4.65. The van der Waals surface area contributed by atoms with Crippen molar-refractivity contribution < 1.29 is 13.2 Å². The smallest absolute Gasteiger partial charge is 0.242 e. The first kappa shape index (κ1) is 15.9. The summed E-state index contributed by atoms with van der Waals surface area (Å²) in [5, 5.41) is 5.97. The molecule has 2 rings (SSSR count). The summed E-state index contributed by atoms with van der Waals surface area (Å²) in [4.78, 5) is 12.3. The van der Waals surface area contributed by atoms with Crippen molar-refractivity contribution in [2.45, 2.75) is 24.3 Å². The fourth-order valence-electron chi connectivity index (χ4n) is 2.33. The lowest BCUT2D eigenvalue weighted by Crippen LogP contribution is -2.39. The second-order valence-electron chi connectivity index (χ2n) is 5.50. The van der Waals surface area contributed by atoms with Gasteiger partial charge in [0.25, 0.3) is 0 Å². The van der Waals surface area contributed by atoms with Crippen LogP contribution in [0.4, 0.5) is 5.69 Å². The highest BCUT2D eigenvalue weighted by atomic mass is 32.2. The van der Waals surface area contributed by atoms with Gasteiger partial charge < -0.3 is 10.6 Å². The summed E-state index contributed by atoms with van der Waals surface area (Å²) in [6.07, 6.45) is 0.984. The van der Waals surface area contributed by atoms with Crippen LogP contribution >= 0.6 is 0 Å². The molecule has 0 bridgehead atoms. The van der Waals surface area contributed by atoms with Gasteiger partial charge in [0, 0.05) is 19.8 Å². The highest BCUT2D eigenvalue weighted by molar-refractivity contribution is 7.89. The van der Waals surface area contributed by atoms with E-state index in [0.717, 1.165) is 17.3 Å². The average molecular weight is 311 g/mol. The number of nitrogens with one attached hydrogen (secondary N) is 2. The van der Waals surface area contributed by atoms with Gasteiger partial charge in [-0.2, -0.15) is 0 Å². The molecule has 1 amide bonds. The Morgan fingerprint density at radius 3 is 2.38 bits per heavy atom. The normalized spacial score (nSPS) is 22.5. The van der Waals surface area contributed by atoms with Gasteiger partial charge in [0.15, 0.2) is 0 Å². The van der Waals surface area contributed by atoms with Crippen molar-refractivity contribution in [2.24, 2.45) is 5.92 Å². The molecular formula is C14H21N3O3S.